The first-order valence-corrected chi connectivity index (χ1v) is 11.5. The van der Waals surface area contributed by atoms with Crippen LogP contribution < -0.4 is 10.2 Å². The predicted molar refractivity (Wildman–Crippen MR) is 128 cm³/mol. The van der Waals surface area contributed by atoms with E-state index in [1.807, 2.05) is 4.90 Å². The van der Waals surface area contributed by atoms with Crippen LogP contribution in [0, 0.1) is 18.6 Å². The van der Waals surface area contributed by atoms with Gasteiger partial charge in [0.15, 0.2) is 0 Å². The van der Waals surface area contributed by atoms with Crippen LogP contribution in [0.15, 0.2) is 36.4 Å². The number of nitrogens with one attached hydrogen (secondary N) is 1. The summed E-state index contributed by atoms with van der Waals surface area (Å²) in [4.78, 5) is 29.7. The van der Waals surface area contributed by atoms with E-state index in [2.05, 4.69) is 5.32 Å². The van der Waals surface area contributed by atoms with Crippen LogP contribution in [0.3, 0.4) is 0 Å². The first kappa shape index (κ1) is 25.7. The van der Waals surface area contributed by atoms with E-state index in [1.165, 1.54) is 36.2 Å². The fourth-order valence-electron chi connectivity index (χ4n) is 4.26. The van der Waals surface area contributed by atoms with Crippen molar-refractivity contribution in [3.05, 3.63) is 64.2 Å². The normalized spacial score (nSPS) is 18.6. The SMILES string of the molecule is CNC(=O)C1C(Cc2ccc(F)c(Cl)c2)N(c2ccc(F)cc2C)CCN1C(=O)OC(C)(C)C. The number of rotatable bonds is 4. The quantitative estimate of drug-likeness (QED) is 0.670. The van der Waals surface area contributed by atoms with Crippen molar-refractivity contribution < 1.29 is 23.1 Å². The molecular weight excluding hydrogens is 464 g/mol. The summed E-state index contributed by atoms with van der Waals surface area (Å²) in [7, 11) is 1.50. The van der Waals surface area contributed by atoms with Crippen LogP contribution in [0.4, 0.5) is 19.3 Å². The van der Waals surface area contributed by atoms with E-state index in [9.17, 15) is 18.4 Å². The number of piperazine rings is 1. The molecule has 2 aromatic carbocycles. The summed E-state index contributed by atoms with van der Waals surface area (Å²) in [5.74, 6) is -1.27. The number of anilines is 1. The van der Waals surface area contributed by atoms with Gasteiger partial charge in [0.05, 0.1) is 11.1 Å². The third kappa shape index (κ3) is 5.78. The van der Waals surface area contributed by atoms with Crippen LogP contribution in [0.25, 0.3) is 0 Å². The number of likely N-dealkylation sites (N-methyl/N-ethyl adjacent to an activating group) is 1. The van der Waals surface area contributed by atoms with Crippen molar-refractivity contribution in [2.45, 2.75) is 51.8 Å². The summed E-state index contributed by atoms with van der Waals surface area (Å²) in [6, 6.07) is 7.38. The van der Waals surface area contributed by atoms with Gasteiger partial charge in [0.1, 0.15) is 23.3 Å². The van der Waals surface area contributed by atoms with Crippen LogP contribution in [0.5, 0.6) is 0 Å². The fourth-order valence-corrected chi connectivity index (χ4v) is 4.46. The Bertz CT molecular complexity index is 1070. The van der Waals surface area contributed by atoms with Gasteiger partial charge in [-0.3, -0.25) is 9.69 Å². The average molecular weight is 494 g/mol. The molecule has 0 radical (unpaired) electrons. The van der Waals surface area contributed by atoms with Crippen molar-refractivity contribution in [3.8, 4) is 0 Å². The lowest BCUT2D eigenvalue weighted by Crippen LogP contribution is -2.66. The zero-order valence-corrected chi connectivity index (χ0v) is 20.7. The Morgan fingerprint density at radius 3 is 2.44 bits per heavy atom. The van der Waals surface area contributed by atoms with E-state index < -0.39 is 29.6 Å². The Morgan fingerprint density at radius 2 is 1.85 bits per heavy atom. The number of halogens is 3. The molecule has 0 aromatic heterocycles. The smallest absolute Gasteiger partial charge is 0.411 e. The minimum atomic E-state index is -0.915. The number of ether oxygens (including phenoxy) is 1. The highest BCUT2D eigenvalue weighted by Gasteiger charge is 2.44. The Hall–Kier alpha value is -2.87. The van der Waals surface area contributed by atoms with Crippen LogP contribution in [-0.2, 0) is 16.0 Å². The standard InChI is InChI=1S/C25H30ClF2N3O3/c1-15-12-17(27)7-9-20(15)30-10-11-31(24(33)34-25(2,3)4)22(23(32)29-5)21(30)14-16-6-8-19(28)18(26)13-16/h6-9,12-13,21-22H,10-11,14H2,1-5H3,(H,29,32). The minimum absolute atomic E-state index is 0.0293. The number of benzene rings is 2. The molecule has 1 heterocycles. The molecular formula is C25H30ClF2N3O3. The highest BCUT2D eigenvalue weighted by atomic mass is 35.5. The molecule has 1 saturated heterocycles. The predicted octanol–water partition coefficient (Wildman–Crippen LogP) is 4.71. The highest BCUT2D eigenvalue weighted by molar-refractivity contribution is 6.30. The average Bonchev–Trinajstić information content (AvgIpc) is 2.74. The molecule has 0 aliphatic carbocycles. The van der Waals surface area contributed by atoms with Gasteiger partial charge in [0.25, 0.3) is 0 Å². The summed E-state index contributed by atoms with van der Waals surface area (Å²) in [5.41, 5.74) is 1.40. The molecule has 0 spiro atoms. The number of nitrogens with zero attached hydrogens (tertiary/aromatic N) is 2. The molecule has 6 nitrogen and oxygen atoms in total. The molecule has 2 aromatic rings. The van der Waals surface area contributed by atoms with Gasteiger partial charge in [0.2, 0.25) is 5.91 Å². The van der Waals surface area contributed by atoms with E-state index in [-0.39, 0.29) is 29.7 Å². The number of carbonyl (C=O) groups excluding carboxylic acids is 2. The Labute approximate surface area is 203 Å². The van der Waals surface area contributed by atoms with Crippen molar-refractivity contribution in [2.75, 3.05) is 25.0 Å². The number of amides is 2. The molecule has 2 unspecified atom stereocenters. The van der Waals surface area contributed by atoms with Gasteiger partial charge in [-0.15, -0.1) is 0 Å². The Balaban J connectivity index is 2.08. The maximum absolute atomic E-state index is 13.8. The lowest BCUT2D eigenvalue weighted by atomic mass is 9.92. The van der Waals surface area contributed by atoms with Crippen molar-refractivity contribution in [3.63, 3.8) is 0 Å². The summed E-state index contributed by atoms with van der Waals surface area (Å²) >= 11 is 6.01. The third-order valence-corrected chi connectivity index (χ3v) is 6.01. The van der Waals surface area contributed by atoms with Gasteiger partial charge in [-0.05, 0) is 75.6 Å². The van der Waals surface area contributed by atoms with Gasteiger partial charge in [-0.25, -0.2) is 13.6 Å². The van der Waals surface area contributed by atoms with Gasteiger partial charge in [-0.1, -0.05) is 17.7 Å². The van der Waals surface area contributed by atoms with E-state index in [0.29, 0.717) is 17.7 Å². The third-order valence-electron chi connectivity index (χ3n) is 5.72. The monoisotopic (exact) mass is 493 g/mol. The van der Waals surface area contributed by atoms with E-state index in [4.69, 9.17) is 16.3 Å². The molecule has 1 fully saturated rings. The van der Waals surface area contributed by atoms with Crippen molar-refractivity contribution >= 4 is 29.3 Å². The molecule has 3 rings (SSSR count). The van der Waals surface area contributed by atoms with E-state index >= 15 is 0 Å². The van der Waals surface area contributed by atoms with Crippen molar-refractivity contribution in [2.24, 2.45) is 0 Å². The van der Waals surface area contributed by atoms with E-state index in [0.717, 1.165) is 5.69 Å². The zero-order valence-electron chi connectivity index (χ0n) is 20.0. The second kappa shape index (κ2) is 10.2. The molecule has 1 aliphatic heterocycles. The molecule has 0 saturated carbocycles. The lowest BCUT2D eigenvalue weighted by molar-refractivity contribution is -0.127. The minimum Gasteiger partial charge on any atom is -0.444 e. The van der Waals surface area contributed by atoms with Crippen LogP contribution in [0.1, 0.15) is 31.9 Å². The molecule has 184 valence electrons. The van der Waals surface area contributed by atoms with Gasteiger partial charge in [0, 0.05) is 25.8 Å². The topological polar surface area (TPSA) is 61.9 Å². The molecule has 9 heteroatoms. The summed E-state index contributed by atoms with van der Waals surface area (Å²) in [6.45, 7) is 7.68. The fraction of sp³-hybridized carbons (Fsp3) is 0.440. The first-order chi connectivity index (χ1) is 15.9. The Kier molecular flexibility index (Phi) is 7.70. The number of carbonyl (C=O) groups is 2. The zero-order chi connectivity index (χ0) is 25.2. The largest absolute Gasteiger partial charge is 0.444 e. The molecule has 2 atom stereocenters. The second-order valence-corrected chi connectivity index (χ2v) is 9.78. The first-order valence-electron chi connectivity index (χ1n) is 11.1. The summed E-state index contributed by atoms with van der Waals surface area (Å²) in [5, 5.41) is 2.62. The van der Waals surface area contributed by atoms with Crippen LogP contribution in [0.2, 0.25) is 5.02 Å². The molecule has 2 amide bonds. The molecule has 0 bridgehead atoms. The Morgan fingerprint density at radius 1 is 1.15 bits per heavy atom. The maximum Gasteiger partial charge on any atom is 0.411 e. The number of hydrogen-bond acceptors (Lipinski definition) is 4. The van der Waals surface area contributed by atoms with Gasteiger partial charge >= 0.3 is 6.09 Å². The molecule has 1 aliphatic rings. The lowest BCUT2D eigenvalue weighted by Gasteiger charge is -2.48. The second-order valence-electron chi connectivity index (χ2n) is 9.38. The highest BCUT2D eigenvalue weighted by Crippen LogP contribution is 2.31. The molecule has 34 heavy (non-hydrogen) atoms. The van der Waals surface area contributed by atoms with Crippen LogP contribution in [-0.4, -0.2) is 54.7 Å². The van der Waals surface area contributed by atoms with Gasteiger partial charge in [-0.2, -0.15) is 0 Å². The summed E-state index contributed by atoms with van der Waals surface area (Å²) < 4.78 is 33.2. The van der Waals surface area contributed by atoms with Crippen molar-refractivity contribution in [1.82, 2.24) is 10.2 Å². The van der Waals surface area contributed by atoms with Gasteiger partial charge < -0.3 is 15.0 Å². The number of aryl methyl sites for hydroxylation is 1. The van der Waals surface area contributed by atoms with Crippen molar-refractivity contribution in [1.29, 1.82) is 0 Å². The summed E-state index contributed by atoms with van der Waals surface area (Å²) in [6.07, 6.45) is -0.312. The van der Waals surface area contributed by atoms with E-state index in [1.54, 1.807) is 39.8 Å². The maximum atomic E-state index is 13.8. The number of hydrogen-bond donors (Lipinski definition) is 1. The molecule has 1 N–H and O–H groups in total. The van der Waals surface area contributed by atoms with Crippen LogP contribution >= 0.6 is 11.6 Å².